The number of fused-ring (bicyclic) bond motifs is 6. The van der Waals surface area contributed by atoms with Crippen molar-refractivity contribution in [1.29, 1.82) is 0 Å². The Kier molecular flexibility index (Phi) is 4.48. The van der Waals surface area contributed by atoms with E-state index in [4.69, 9.17) is 4.74 Å². The molecule has 32 heavy (non-hydrogen) atoms. The monoisotopic (exact) mass is 448 g/mol. The molecule has 0 spiro atoms. The van der Waals surface area contributed by atoms with Crippen LogP contribution in [0.3, 0.4) is 0 Å². The van der Waals surface area contributed by atoms with Crippen LogP contribution in [0.25, 0.3) is 26.1 Å². The van der Waals surface area contributed by atoms with Crippen molar-refractivity contribution < 1.29 is 9.53 Å². The van der Waals surface area contributed by atoms with Crippen LogP contribution in [0, 0.1) is 11.8 Å². The molecule has 0 N–H and O–H groups in total. The van der Waals surface area contributed by atoms with Crippen LogP contribution in [-0.4, -0.2) is 60.1 Å². The number of aromatic nitrogens is 2. The Balaban J connectivity index is 1.58. The lowest BCUT2D eigenvalue weighted by Gasteiger charge is -2.21. The minimum Gasteiger partial charge on any atom is -0.462 e. The fourth-order valence-corrected chi connectivity index (χ4v) is 6.57. The highest BCUT2D eigenvalue weighted by Gasteiger charge is 2.39. The molecule has 0 aliphatic carbocycles. The van der Waals surface area contributed by atoms with E-state index in [2.05, 4.69) is 27.9 Å². The van der Waals surface area contributed by atoms with E-state index in [9.17, 15) is 9.59 Å². The van der Waals surface area contributed by atoms with Crippen LogP contribution in [-0.2, 0) is 4.74 Å². The summed E-state index contributed by atoms with van der Waals surface area (Å²) < 4.78 is 8.24. The molecule has 2 aliphatic rings. The van der Waals surface area contributed by atoms with Gasteiger partial charge in [-0.3, -0.25) is 9.20 Å². The molecule has 3 aromatic heterocycles. The van der Waals surface area contributed by atoms with Crippen molar-refractivity contribution in [2.45, 2.75) is 6.92 Å². The van der Waals surface area contributed by atoms with Crippen LogP contribution in [0.4, 0.5) is 5.69 Å². The number of thiazole rings is 1. The third kappa shape index (κ3) is 2.86. The number of anilines is 1. The van der Waals surface area contributed by atoms with Gasteiger partial charge in [0.1, 0.15) is 15.9 Å². The average molecular weight is 449 g/mol. The molecular weight excluding hydrogens is 424 g/mol. The highest BCUT2D eigenvalue weighted by atomic mass is 32.1. The maximum atomic E-state index is 13.4. The molecule has 6 rings (SSSR count). The van der Waals surface area contributed by atoms with Crippen molar-refractivity contribution in [3.05, 3.63) is 52.3 Å². The Morgan fingerprint density at radius 1 is 1.16 bits per heavy atom. The van der Waals surface area contributed by atoms with Gasteiger partial charge in [-0.2, -0.15) is 0 Å². The van der Waals surface area contributed by atoms with Crippen LogP contribution >= 0.6 is 11.3 Å². The van der Waals surface area contributed by atoms with Gasteiger partial charge < -0.3 is 14.5 Å². The normalized spacial score (nSPS) is 21.1. The van der Waals surface area contributed by atoms with Gasteiger partial charge in [0.05, 0.1) is 34.2 Å². The number of carbonyl (C=O) groups excluding carboxylic acids is 1. The van der Waals surface area contributed by atoms with Crippen LogP contribution in [0.5, 0.6) is 0 Å². The molecule has 0 bridgehead atoms. The Morgan fingerprint density at radius 3 is 2.66 bits per heavy atom. The van der Waals surface area contributed by atoms with Gasteiger partial charge in [0.15, 0.2) is 0 Å². The summed E-state index contributed by atoms with van der Waals surface area (Å²) in [4.78, 5) is 36.1. The summed E-state index contributed by atoms with van der Waals surface area (Å²) in [6, 6.07) is 10.0. The predicted molar refractivity (Wildman–Crippen MR) is 127 cm³/mol. The lowest BCUT2D eigenvalue weighted by molar-refractivity contribution is 0.0527. The summed E-state index contributed by atoms with van der Waals surface area (Å²) in [6.07, 6.45) is 1.78. The summed E-state index contributed by atoms with van der Waals surface area (Å²) in [5, 5.41) is 0. The highest BCUT2D eigenvalue weighted by molar-refractivity contribution is 7.24. The molecule has 2 atom stereocenters. The Hall–Kier alpha value is -2.97. The zero-order valence-electron chi connectivity index (χ0n) is 18.1. The number of benzene rings is 1. The van der Waals surface area contributed by atoms with Gasteiger partial charge in [-0.1, -0.05) is 12.1 Å². The maximum Gasteiger partial charge on any atom is 0.345 e. The molecule has 5 heterocycles. The topological polar surface area (TPSA) is 67.2 Å². The van der Waals surface area contributed by atoms with Gasteiger partial charge in [0.2, 0.25) is 5.43 Å². The van der Waals surface area contributed by atoms with E-state index in [1.807, 2.05) is 28.7 Å². The number of para-hydroxylation sites is 1. The van der Waals surface area contributed by atoms with Crippen LogP contribution in [0.1, 0.15) is 17.3 Å². The van der Waals surface area contributed by atoms with Crippen molar-refractivity contribution in [2.24, 2.45) is 11.8 Å². The minimum atomic E-state index is -0.592. The fraction of sp³-hybridized carbons (Fsp3) is 0.375. The number of ether oxygens (including phenoxy) is 1. The standard InChI is InChI=1S/C24H24N4O3S/c1-3-31-24(30)20-22(29)21-18(28-17-6-4-5-7-19(17)32-23(20)28)8-16(9-25-21)27-12-14-10-26(2)11-15(14)13-27/h4-9,14-15H,3,10-13H2,1-2H3. The predicted octanol–water partition coefficient (Wildman–Crippen LogP) is 3.24. The molecule has 0 amide bonds. The number of rotatable bonds is 3. The smallest absolute Gasteiger partial charge is 0.345 e. The summed E-state index contributed by atoms with van der Waals surface area (Å²) in [5.41, 5.74) is 2.74. The number of carbonyl (C=O) groups is 1. The molecule has 7 nitrogen and oxygen atoms in total. The van der Waals surface area contributed by atoms with E-state index >= 15 is 0 Å². The second kappa shape index (κ2) is 7.28. The largest absolute Gasteiger partial charge is 0.462 e. The number of pyridine rings is 2. The molecule has 2 aliphatic heterocycles. The molecule has 0 radical (unpaired) electrons. The van der Waals surface area contributed by atoms with Crippen molar-refractivity contribution in [2.75, 3.05) is 44.7 Å². The number of hydrogen-bond acceptors (Lipinski definition) is 7. The summed E-state index contributed by atoms with van der Waals surface area (Å²) >= 11 is 1.44. The Bertz CT molecular complexity index is 1430. The molecule has 8 heteroatoms. The minimum absolute atomic E-state index is 0.0690. The van der Waals surface area contributed by atoms with Gasteiger partial charge in [-0.15, -0.1) is 11.3 Å². The zero-order chi connectivity index (χ0) is 22.0. The molecule has 4 aromatic rings. The summed E-state index contributed by atoms with van der Waals surface area (Å²) in [7, 11) is 2.19. The van der Waals surface area contributed by atoms with Gasteiger partial charge in [-0.05, 0) is 44.0 Å². The molecule has 0 saturated carbocycles. The molecule has 2 unspecified atom stereocenters. The lowest BCUT2D eigenvalue weighted by Crippen LogP contribution is -2.27. The number of esters is 1. The summed E-state index contributed by atoms with van der Waals surface area (Å²) in [5.74, 6) is 0.754. The maximum absolute atomic E-state index is 13.4. The molecule has 1 aromatic carbocycles. The third-order valence-electron chi connectivity index (χ3n) is 6.78. The quantitative estimate of drug-likeness (QED) is 0.449. The number of hydrogen-bond donors (Lipinski definition) is 0. The second-order valence-electron chi connectivity index (χ2n) is 8.84. The number of nitrogens with zero attached hydrogens (tertiary/aromatic N) is 4. The van der Waals surface area contributed by atoms with Crippen molar-refractivity contribution in [3.63, 3.8) is 0 Å². The molecule has 2 fully saturated rings. The van der Waals surface area contributed by atoms with Crippen LogP contribution < -0.4 is 10.3 Å². The third-order valence-corrected chi connectivity index (χ3v) is 7.92. The van der Waals surface area contributed by atoms with Crippen molar-refractivity contribution in [3.8, 4) is 0 Å². The van der Waals surface area contributed by atoms with E-state index in [0.717, 1.165) is 47.6 Å². The first-order valence-corrected chi connectivity index (χ1v) is 11.8. The van der Waals surface area contributed by atoms with E-state index in [0.29, 0.717) is 22.2 Å². The first-order valence-electron chi connectivity index (χ1n) is 11.0. The Labute approximate surface area is 188 Å². The van der Waals surface area contributed by atoms with E-state index in [1.54, 1.807) is 13.1 Å². The zero-order valence-corrected chi connectivity index (χ0v) is 18.9. The lowest BCUT2D eigenvalue weighted by atomic mass is 10.0. The van der Waals surface area contributed by atoms with E-state index in [1.165, 1.54) is 11.3 Å². The van der Waals surface area contributed by atoms with E-state index < -0.39 is 5.97 Å². The molecular formula is C24H24N4O3S. The summed E-state index contributed by atoms with van der Waals surface area (Å²) in [6.45, 7) is 6.23. The van der Waals surface area contributed by atoms with Gasteiger partial charge in [0.25, 0.3) is 0 Å². The highest BCUT2D eigenvalue weighted by Crippen LogP contribution is 2.35. The first kappa shape index (κ1) is 19.7. The van der Waals surface area contributed by atoms with Gasteiger partial charge in [0, 0.05) is 26.2 Å². The molecule has 2 saturated heterocycles. The van der Waals surface area contributed by atoms with Gasteiger partial charge >= 0.3 is 5.97 Å². The van der Waals surface area contributed by atoms with E-state index in [-0.39, 0.29) is 17.6 Å². The SMILES string of the molecule is CCOC(=O)c1c(=O)c2ncc(N3CC4CN(C)CC4C3)cc2n2c1sc1ccccc12. The Morgan fingerprint density at radius 2 is 1.91 bits per heavy atom. The second-order valence-corrected chi connectivity index (χ2v) is 9.87. The number of likely N-dealkylation sites (tertiary alicyclic amines) is 1. The average Bonchev–Trinajstić information content (AvgIpc) is 3.44. The molecule has 164 valence electrons. The van der Waals surface area contributed by atoms with Crippen LogP contribution in [0.2, 0.25) is 0 Å². The van der Waals surface area contributed by atoms with Gasteiger partial charge in [-0.25, -0.2) is 9.78 Å². The van der Waals surface area contributed by atoms with Crippen molar-refractivity contribution in [1.82, 2.24) is 14.3 Å². The first-order chi connectivity index (χ1) is 15.5. The van der Waals surface area contributed by atoms with Crippen LogP contribution in [0.15, 0.2) is 41.3 Å². The fourth-order valence-electron chi connectivity index (χ4n) is 5.39. The van der Waals surface area contributed by atoms with Crippen molar-refractivity contribution >= 4 is 49.1 Å².